The molecule has 17 heavy (non-hydrogen) atoms. The summed E-state index contributed by atoms with van der Waals surface area (Å²) < 4.78 is 1.15. The van der Waals surface area contributed by atoms with Crippen LogP contribution in [0.15, 0.2) is 28.7 Å². The van der Waals surface area contributed by atoms with Gasteiger partial charge in [0, 0.05) is 23.1 Å². The van der Waals surface area contributed by atoms with E-state index in [4.69, 9.17) is 0 Å². The van der Waals surface area contributed by atoms with Gasteiger partial charge in [-0.15, -0.1) is 0 Å². The van der Waals surface area contributed by atoms with Gasteiger partial charge in [0.1, 0.15) is 0 Å². The zero-order chi connectivity index (χ0) is 11.8. The van der Waals surface area contributed by atoms with Crippen LogP contribution in [0.25, 0.3) is 0 Å². The zero-order valence-electron chi connectivity index (χ0n) is 9.85. The molecule has 2 aliphatic rings. The fourth-order valence-electron chi connectivity index (χ4n) is 3.35. The van der Waals surface area contributed by atoms with Gasteiger partial charge in [-0.05, 0) is 43.4 Å². The average molecular weight is 296 g/mol. The highest BCUT2D eigenvalue weighted by atomic mass is 79.9. The standard InChI is InChI=1S/C14H18BrNO/c15-11-3-1-2-10(6-11)9-16-12-4-5-13(16)8-14(17)7-12/h1-3,6,12-14,17H,4-5,7-9H2. The van der Waals surface area contributed by atoms with Crippen LogP contribution in [0.2, 0.25) is 0 Å². The Morgan fingerprint density at radius 2 is 1.94 bits per heavy atom. The first kappa shape index (κ1) is 11.7. The molecule has 0 radical (unpaired) electrons. The Bertz CT molecular complexity index is 395. The number of piperidine rings is 1. The number of rotatable bonds is 2. The lowest BCUT2D eigenvalue weighted by Crippen LogP contribution is -2.44. The smallest absolute Gasteiger partial charge is 0.0570 e. The molecule has 3 rings (SSSR count). The molecule has 2 nitrogen and oxygen atoms in total. The van der Waals surface area contributed by atoms with E-state index < -0.39 is 0 Å². The quantitative estimate of drug-likeness (QED) is 0.907. The van der Waals surface area contributed by atoms with Crippen molar-refractivity contribution in [2.45, 2.75) is 50.4 Å². The van der Waals surface area contributed by atoms with Crippen molar-refractivity contribution in [1.29, 1.82) is 0 Å². The molecule has 2 fully saturated rings. The summed E-state index contributed by atoms with van der Waals surface area (Å²) in [6.07, 6.45) is 4.38. The molecule has 3 heteroatoms. The van der Waals surface area contributed by atoms with E-state index in [9.17, 15) is 5.11 Å². The van der Waals surface area contributed by atoms with Gasteiger partial charge < -0.3 is 5.11 Å². The first-order valence-corrected chi connectivity index (χ1v) is 7.20. The van der Waals surface area contributed by atoms with Crippen molar-refractivity contribution in [3.05, 3.63) is 34.3 Å². The van der Waals surface area contributed by atoms with Crippen LogP contribution < -0.4 is 0 Å². The van der Waals surface area contributed by atoms with E-state index in [0.717, 1.165) is 23.9 Å². The van der Waals surface area contributed by atoms with Crippen LogP contribution in [0.4, 0.5) is 0 Å². The third-order valence-corrected chi connectivity index (χ3v) is 4.61. The molecule has 92 valence electrons. The molecule has 0 saturated carbocycles. The summed E-state index contributed by atoms with van der Waals surface area (Å²) in [6.45, 7) is 1.03. The molecule has 2 atom stereocenters. The van der Waals surface area contributed by atoms with Crippen molar-refractivity contribution in [2.75, 3.05) is 0 Å². The fourth-order valence-corrected chi connectivity index (χ4v) is 3.80. The maximum absolute atomic E-state index is 9.78. The molecular formula is C14H18BrNO. The van der Waals surface area contributed by atoms with Crippen LogP contribution in [0.5, 0.6) is 0 Å². The summed E-state index contributed by atoms with van der Waals surface area (Å²) in [6, 6.07) is 9.75. The van der Waals surface area contributed by atoms with Gasteiger partial charge in [0.2, 0.25) is 0 Å². The van der Waals surface area contributed by atoms with Gasteiger partial charge in [0.15, 0.2) is 0 Å². The van der Waals surface area contributed by atoms with Crippen LogP contribution in [0, 0.1) is 0 Å². The van der Waals surface area contributed by atoms with Crippen molar-refractivity contribution in [3.63, 3.8) is 0 Å². The molecule has 0 aromatic heterocycles. The topological polar surface area (TPSA) is 23.5 Å². The maximum Gasteiger partial charge on any atom is 0.0570 e. The number of fused-ring (bicyclic) bond motifs is 2. The summed E-state index contributed by atoms with van der Waals surface area (Å²) in [5, 5.41) is 9.78. The normalized spacial score (nSPS) is 32.9. The number of hydrogen-bond acceptors (Lipinski definition) is 2. The Kier molecular flexibility index (Phi) is 3.24. The Morgan fingerprint density at radius 3 is 2.59 bits per heavy atom. The number of benzene rings is 1. The molecular weight excluding hydrogens is 278 g/mol. The van der Waals surface area contributed by atoms with Gasteiger partial charge in [-0.25, -0.2) is 0 Å². The average Bonchev–Trinajstić information content (AvgIpc) is 2.54. The molecule has 2 unspecified atom stereocenters. The number of halogens is 1. The fraction of sp³-hybridized carbons (Fsp3) is 0.571. The van der Waals surface area contributed by atoms with Gasteiger partial charge in [-0.1, -0.05) is 28.1 Å². The largest absolute Gasteiger partial charge is 0.393 e. The second kappa shape index (κ2) is 4.71. The summed E-state index contributed by atoms with van der Waals surface area (Å²) >= 11 is 3.52. The molecule has 2 bridgehead atoms. The molecule has 0 aliphatic carbocycles. The molecule has 1 aromatic rings. The van der Waals surface area contributed by atoms with Crippen molar-refractivity contribution < 1.29 is 5.11 Å². The van der Waals surface area contributed by atoms with Crippen molar-refractivity contribution in [2.24, 2.45) is 0 Å². The molecule has 2 heterocycles. The van der Waals surface area contributed by atoms with Gasteiger partial charge in [0.25, 0.3) is 0 Å². The van der Waals surface area contributed by atoms with E-state index in [0.29, 0.717) is 12.1 Å². The van der Waals surface area contributed by atoms with E-state index in [1.54, 1.807) is 0 Å². The van der Waals surface area contributed by atoms with Crippen molar-refractivity contribution >= 4 is 15.9 Å². The van der Waals surface area contributed by atoms with Crippen molar-refractivity contribution in [3.8, 4) is 0 Å². The molecule has 0 amide bonds. The Balaban J connectivity index is 1.74. The van der Waals surface area contributed by atoms with Crippen LogP contribution in [0.3, 0.4) is 0 Å². The highest BCUT2D eigenvalue weighted by molar-refractivity contribution is 9.10. The lowest BCUT2D eigenvalue weighted by Gasteiger charge is -2.37. The van der Waals surface area contributed by atoms with Gasteiger partial charge in [-0.2, -0.15) is 0 Å². The van der Waals surface area contributed by atoms with E-state index in [1.807, 2.05) is 0 Å². The summed E-state index contributed by atoms with van der Waals surface area (Å²) in [7, 11) is 0. The number of nitrogens with zero attached hydrogens (tertiary/aromatic N) is 1. The molecule has 2 saturated heterocycles. The summed E-state index contributed by atoms with van der Waals surface area (Å²) in [4.78, 5) is 2.59. The summed E-state index contributed by atoms with van der Waals surface area (Å²) in [5.74, 6) is 0. The zero-order valence-corrected chi connectivity index (χ0v) is 11.4. The van der Waals surface area contributed by atoms with Gasteiger partial charge in [0.05, 0.1) is 6.10 Å². The SMILES string of the molecule is OC1CC2CCC(C1)N2Cc1cccc(Br)c1. The third-order valence-electron chi connectivity index (χ3n) is 4.11. The highest BCUT2D eigenvalue weighted by Gasteiger charge is 2.39. The first-order chi connectivity index (χ1) is 8.22. The molecule has 2 aliphatic heterocycles. The van der Waals surface area contributed by atoms with E-state index in [1.165, 1.54) is 18.4 Å². The van der Waals surface area contributed by atoms with E-state index in [2.05, 4.69) is 45.1 Å². The Hall–Kier alpha value is -0.380. The number of hydrogen-bond donors (Lipinski definition) is 1. The van der Waals surface area contributed by atoms with Gasteiger partial charge >= 0.3 is 0 Å². The minimum absolute atomic E-state index is 0.0636. The third kappa shape index (κ3) is 2.42. The van der Waals surface area contributed by atoms with E-state index in [-0.39, 0.29) is 6.10 Å². The van der Waals surface area contributed by atoms with Crippen LogP contribution in [-0.4, -0.2) is 28.2 Å². The molecule has 1 N–H and O–H groups in total. The van der Waals surface area contributed by atoms with E-state index >= 15 is 0 Å². The number of aliphatic hydroxyl groups excluding tert-OH is 1. The minimum atomic E-state index is -0.0636. The summed E-state index contributed by atoms with van der Waals surface area (Å²) in [5.41, 5.74) is 1.37. The highest BCUT2D eigenvalue weighted by Crippen LogP contribution is 2.36. The van der Waals surface area contributed by atoms with Gasteiger partial charge in [-0.3, -0.25) is 4.90 Å². The molecule has 1 aromatic carbocycles. The predicted octanol–water partition coefficient (Wildman–Crippen LogP) is 2.94. The lowest BCUT2D eigenvalue weighted by atomic mass is 9.99. The monoisotopic (exact) mass is 295 g/mol. The van der Waals surface area contributed by atoms with Crippen LogP contribution >= 0.6 is 15.9 Å². The second-order valence-electron chi connectivity index (χ2n) is 5.31. The van der Waals surface area contributed by atoms with Crippen molar-refractivity contribution in [1.82, 2.24) is 4.90 Å². The first-order valence-electron chi connectivity index (χ1n) is 6.40. The lowest BCUT2D eigenvalue weighted by molar-refractivity contribution is 0.0310. The molecule has 0 spiro atoms. The Morgan fingerprint density at radius 1 is 1.24 bits per heavy atom. The second-order valence-corrected chi connectivity index (χ2v) is 6.23. The van der Waals surface area contributed by atoms with Crippen LogP contribution in [0.1, 0.15) is 31.2 Å². The minimum Gasteiger partial charge on any atom is -0.393 e. The maximum atomic E-state index is 9.78. The van der Waals surface area contributed by atoms with Crippen LogP contribution in [-0.2, 0) is 6.54 Å². The Labute approximate surface area is 111 Å². The predicted molar refractivity (Wildman–Crippen MR) is 71.7 cm³/mol. The number of aliphatic hydroxyl groups is 1.